The van der Waals surface area contributed by atoms with Gasteiger partial charge in [-0.25, -0.2) is 14.6 Å². The van der Waals surface area contributed by atoms with Gasteiger partial charge in [-0.15, -0.1) is 0 Å². The number of thiazole rings is 1. The van der Waals surface area contributed by atoms with Crippen LogP contribution in [0.2, 0.25) is 5.02 Å². The van der Waals surface area contributed by atoms with Crippen LogP contribution in [0.5, 0.6) is 11.5 Å². The monoisotopic (exact) mass is 592 g/mol. The molecule has 6 rings (SSSR count). The van der Waals surface area contributed by atoms with Crippen molar-refractivity contribution in [2.45, 2.75) is 19.9 Å². The van der Waals surface area contributed by atoms with Gasteiger partial charge in [0.25, 0.3) is 5.56 Å². The third-order valence-electron chi connectivity index (χ3n) is 6.61. The minimum absolute atomic E-state index is 0.0493. The number of hydrogen-bond acceptors (Lipinski definition) is 9. The number of ether oxygens (including phenoxy) is 3. The highest BCUT2D eigenvalue weighted by Gasteiger charge is 2.34. The third kappa shape index (κ3) is 4.72. The Morgan fingerprint density at radius 3 is 2.76 bits per heavy atom. The van der Waals surface area contributed by atoms with E-state index in [1.54, 1.807) is 56.3 Å². The van der Waals surface area contributed by atoms with Gasteiger partial charge < -0.3 is 23.7 Å². The Bertz CT molecular complexity index is 1950. The summed E-state index contributed by atoms with van der Waals surface area (Å²) in [6.45, 7) is 3.67. The summed E-state index contributed by atoms with van der Waals surface area (Å²) in [6, 6.07) is 12.4. The second kappa shape index (κ2) is 10.4. The van der Waals surface area contributed by atoms with E-state index in [2.05, 4.69) is 4.99 Å². The van der Waals surface area contributed by atoms with Gasteiger partial charge >= 0.3 is 11.9 Å². The molecule has 1 N–H and O–H groups in total. The first-order valence-corrected chi connectivity index (χ1v) is 13.7. The summed E-state index contributed by atoms with van der Waals surface area (Å²) in [4.78, 5) is 43.4. The Morgan fingerprint density at radius 1 is 1.17 bits per heavy atom. The van der Waals surface area contributed by atoms with E-state index >= 15 is 0 Å². The number of carbonyl (C=O) groups excluding carboxylic acids is 1. The smallest absolute Gasteiger partial charge is 0.338 e. The summed E-state index contributed by atoms with van der Waals surface area (Å²) in [6.07, 6.45) is 1.58. The van der Waals surface area contributed by atoms with Crippen molar-refractivity contribution >= 4 is 41.0 Å². The van der Waals surface area contributed by atoms with Crippen molar-refractivity contribution in [2.75, 3.05) is 13.4 Å². The minimum Gasteiger partial charge on any atom is -0.478 e. The molecule has 2 aromatic heterocycles. The van der Waals surface area contributed by atoms with E-state index in [0.29, 0.717) is 49.2 Å². The number of aromatic nitrogens is 1. The van der Waals surface area contributed by atoms with Crippen molar-refractivity contribution in [1.82, 2.24) is 4.57 Å². The van der Waals surface area contributed by atoms with Gasteiger partial charge in [0.15, 0.2) is 16.3 Å². The molecule has 0 saturated carbocycles. The number of furan rings is 1. The van der Waals surface area contributed by atoms with Crippen LogP contribution in [0, 0.1) is 0 Å². The lowest BCUT2D eigenvalue weighted by Crippen LogP contribution is -2.39. The standard InChI is InChI=1S/C29H21ClN2O8S/c1-3-37-28(36)24-14(2)31-29-32(25(24)16-5-8-21-22(11-16)39-13-38-21)26(33)23(41-29)12-17-6-9-20(40-17)15-4-7-19(30)18(10-15)27(34)35/h4-12,25H,3,13H2,1-2H3,(H,34,35)/b23-12-/t25-/m0/s1. The summed E-state index contributed by atoms with van der Waals surface area (Å²) in [5, 5.41) is 9.50. The number of halogens is 1. The van der Waals surface area contributed by atoms with Crippen molar-refractivity contribution < 1.29 is 33.3 Å². The topological polar surface area (TPSA) is 130 Å². The number of hydrogen-bond donors (Lipinski definition) is 1. The molecule has 0 aliphatic carbocycles. The van der Waals surface area contributed by atoms with Crippen LogP contribution in [0.25, 0.3) is 17.4 Å². The van der Waals surface area contributed by atoms with Gasteiger partial charge in [-0.05, 0) is 61.9 Å². The number of carbonyl (C=O) groups is 2. The van der Waals surface area contributed by atoms with Gasteiger partial charge in [0.05, 0.1) is 39.0 Å². The second-order valence-electron chi connectivity index (χ2n) is 9.12. The van der Waals surface area contributed by atoms with Gasteiger partial charge in [0, 0.05) is 11.6 Å². The van der Waals surface area contributed by atoms with Gasteiger partial charge in [0.1, 0.15) is 11.5 Å². The average Bonchev–Trinajstić information content (AvgIpc) is 3.67. The number of rotatable bonds is 6. The maximum absolute atomic E-state index is 13.8. The molecule has 12 heteroatoms. The molecule has 41 heavy (non-hydrogen) atoms. The van der Waals surface area contributed by atoms with Gasteiger partial charge in [-0.2, -0.15) is 0 Å². The summed E-state index contributed by atoms with van der Waals surface area (Å²) < 4.78 is 24.0. The summed E-state index contributed by atoms with van der Waals surface area (Å²) in [5.41, 5.74) is 1.43. The van der Waals surface area contributed by atoms with Crippen molar-refractivity contribution in [3.63, 3.8) is 0 Å². The van der Waals surface area contributed by atoms with E-state index in [4.69, 9.17) is 30.2 Å². The predicted octanol–water partition coefficient (Wildman–Crippen LogP) is 4.14. The Hall–Kier alpha value is -4.61. The van der Waals surface area contributed by atoms with Crippen LogP contribution < -0.4 is 24.4 Å². The zero-order valence-corrected chi connectivity index (χ0v) is 23.2. The third-order valence-corrected chi connectivity index (χ3v) is 7.92. The first-order chi connectivity index (χ1) is 19.7. The Labute approximate surface area is 241 Å². The Kier molecular flexibility index (Phi) is 6.76. The number of allylic oxidation sites excluding steroid dienone is 1. The first-order valence-electron chi connectivity index (χ1n) is 12.5. The number of esters is 1. The minimum atomic E-state index is -1.15. The highest BCUT2D eigenvalue weighted by molar-refractivity contribution is 7.07. The zero-order chi connectivity index (χ0) is 28.8. The van der Waals surface area contributed by atoms with Crippen LogP contribution in [0.1, 0.15) is 41.6 Å². The fourth-order valence-electron chi connectivity index (χ4n) is 4.75. The molecule has 0 fully saturated rings. The van der Waals surface area contributed by atoms with Crippen molar-refractivity contribution in [3.8, 4) is 22.8 Å². The highest BCUT2D eigenvalue weighted by Crippen LogP contribution is 2.38. The van der Waals surface area contributed by atoms with E-state index in [-0.39, 0.29) is 35.1 Å². The molecular formula is C29H21ClN2O8S. The number of fused-ring (bicyclic) bond motifs is 2. The molecule has 0 unspecified atom stereocenters. The number of benzene rings is 2. The highest BCUT2D eigenvalue weighted by atomic mass is 35.5. The fraction of sp³-hybridized carbons (Fsp3) is 0.172. The lowest BCUT2D eigenvalue weighted by Gasteiger charge is -2.24. The first kappa shape index (κ1) is 26.6. The molecule has 208 valence electrons. The van der Waals surface area contributed by atoms with E-state index in [0.717, 1.165) is 11.3 Å². The average molecular weight is 593 g/mol. The van der Waals surface area contributed by atoms with E-state index in [1.165, 1.54) is 16.7 Å². The van der Waals surface area contributed by atoms with Crippen molar-refractivity contribution in [3.05, 3.63) is 101 Å². The van der Waals surface area contributed by atoms with E-state index < -0.39 is 18.0 Å². The molecule has 1 atom stereocenters. The normalized spacial score (nSPS) is 16.0. The van der Waals surface area contributed by atoms with Crippen molar-refractivity contribution in [2.24, 2.45) is 4.99 Å². The number of nitrogens with zero attached hydrogens (tertiary/aromatic N) is 2. The van der Waals surface area contributed by atoms with Gasteiger partial charge in [-0.3, -0.25) is 9.36 Å². The van der Waals surface area contributed by atoms with Crippen LogP contribution in [-0.2, 0) is 9.53 Å². The van der Waals surface area contributed by atoms with Crippen LogP contribution in [0.4, 0.5) is 0 Å². The lowest BCUT2D eigenvalue weighted by molar-refractivity contribution is -0.139. The van der Waals surface area contributed by atoms with Crippen LogP contribution in [-0.4, -0.2) is 35.0 Å². The largest absolute Gasteiger partial charge is 0.478 e. The van der Waals surface area contributed by atoms with Gasteiger partial charge in [0.2, 0.25) is 6.79 Å². The summed E-state index contributed by atoms with van der Waals surface area (Å²) >= 11 is 7.15. The molecule has 0 spiro atoms. The van der Waals surface area contributed by atoms with Crippen LogP contribution in [0.15, 0.2) is 74.0 Å². The second-order valence-corrected chi connectivity index (χ2v) is 10.5. The molecule has 0 radical (unpaired) electrons. The molecule has 2 aliphatic heterocycles. The maximum Gasteiger partial charge on any atom is 0.338 e. The van der Waals surface area contributed by atoms with Crippen molar-refractivity contribution in [1.29, 1.82) is 0 Å². The Balaban J connectivity index is 1.45. The number of aromatic carboxylic acids is 1. The lowest BCUT2D eigenvalue weighted by atomic mass is 9.95. The maximum atomic E-state index is 13.8. The molecule has 2 aliphatic rings. The summed E-state index contributed by atoms with van der Waals surface area (Å²) in [7, 11) is 0. The fourth-order valence-corrected chi connectivity index (χ4v) is 5.97. The van der Waals surface area contributed by atoms with Gasteiger partial charge in [-0.1, -0.05) is 29.0 Å². The number of carboxylic acids is 1. The molecular weight excluding hydrogens is 572 g/mol. The zero-order valence-electron chi connectivity index (χ0n) is 21.7. The molecule has 0 bridgehead atoms. The summed E-state index contributed by atoms with van der Waals surface area (Å²) in [5.74, 6) is 0.146. The van der Waals surface area contributed by atoms with E-state index in [9.17, 15) is 19.5 Å². The molecule has 10 nitrogen and oxygen atoms in total. The molecule has 4 heterocycles. The molecule has 2 aromatic carbocycles. The van der Waals surface area contributed by atoms with Crippen LogP contribution in [0.3, 0.4) is 0 Å². The predicted molar refractivity (Wildman–Crippen MR) is 149 cm³/mol. The number of carboxylic acid groups (broad SMARTS) is 1. The SMILES string of the molecule is CCOC(=O)C1=C(C)N=c2s/c(=C\c3ccc(-c4ccc(Cl)c(C(=O)O)c4)o3)c(=O)n2[C@H]1c1ccc2c(c1)OCO2. The molecule has 0 saturated heterocycles. The Morgan fingerprint density at radius 2 is 1.98 bits per heavy atom. The van der Waals surface area contributed by atoms with Crippen LogP contribution >= 0.6 is 22.9 Å². The molecule has 4 aromatic rings. The molecule has 0 amide bonds. The quantitative estimate of drug-likeness (QED) is 0.331. The van der Waals surface area contributed by atoms with E-state index in [1.807, 2.05) is 0 Å².